The lowest BCUT2D eigenvalue weighted by atomic mass is 10.0. The first-order chi connectivity index (χ1) is 12.5. The first-order valence-corrected chi connectivity index (χ1v) is 10.2. The van der Waals surface area contributed by atoms with Crippen LogP contribution in [0.1, 0.15) is 24.5 Å². The fourth-order valence-electron chi connectivity index (χ4n) is 2.96. The number of ether oxygens (including phenoxy) is 1. The van der Waals surface area contributed by atoms with Gasteiger partial charge in [-0.05, 0) is 49.1 Å². The molecule has 26 heavy (non-hydrogen) atoms. The van der Waals surface area contributed by atoms with Crippen LogP contribution >= 0.6 is 0 Å². The quantitative estimate of drug-likeness (QED) is 0.869. The van der Waals surface area contributed by atoms with Crippen LogP contribution in [0.4, 0.5) is 16.2 Å². The third-order valence-electron chi connectivity index (χ3n) is 4.32. The van der Waals surface area contributed by atoms with Gasteiger partial charge < -0.3 is 4.74 Å². The Hall–Kier alpha value is -2.54. The number of hydrogen-bond donors (Lipinski definition) is 1. The second-order valence-electron chi connectivity index (χ2n) is 6.11. The highest BCUT2D eigenvalue weighted by Crippen LogP contribution is 2.31. The molecule has 0 unspecified atom stereocenters. The number of anilines is 2. The Morgan fingerprint density at radius 1 is 1.19 bits per heavy atom. The molecule has 0 saturated carbocycles. The van der Waals surface area contributed by atoms with Crippen LogP contribution in [0.2, 0.25) is 0 Å². The van der Waals surface area contributed by atoms with E-state index in [2.05, 4.69) is 5.32 Å². The summed E-state index contributed by atoms with van der Waals surface area (Å²) in [4.78, 5) is 12.0. The summed E-state index contributed by atoms with van der Waals surface area (Å²) in [7, 11) is -3.29. The third-order valence-corrected chi connectivity index (χ3v) is 6.10. The zero-order valence-corrected chi connectivity index (χ0v) is 15.5. The number of rotatable bonds is 5. The number of carbonyl (C=O) groups is 1. The van der Waals surface area contributed by atoms with Crippen molar-refractivity contribution in [3.8, 4) is 0 Å². The van der Waals surface area contributed by atoms with E-state index in [9.17, 15) is 13.2 Å². The van der Waals surface area contributed by atoms with Crippen molar-refractivity contribution in [2.75, 3.05) is 21.9 Å². The lowest BCUT2D eigenvalue weighted by Crippen LogP contribution is -2.36. The van der Waals surface area contributed by atoms with Crippen molar-refractivity contribution in [1.29, 1.82) is 0 Å². The molecule has 1 N–H and O–H groups in total. The normalized spacial score (nSPS) is 13.8. The van der Waals surface area contributed by atoms with E-state index < -0.39 is 16.1 Å². The molecule has 0 aliphatic carbocycles. The molecule has 6 nitrogen and oxygen atoms in total. The van der Waals surface area contributed by atoms with Crippen molar-refractivity contribution in [1.82, 2.24) is 0 Å². The Balaban J connectivity index is 1.68. The van der Waals surface area contributed by atoms with Crippen LogP contribution in [-0.2, 0) is 27.8 Å². The van der Waals surface area contributed by atoms with E-state index in [0.29, 0.717) is 17.9 Å². The van der Waals surface area contributed by atoms with E-state index >= 15 is 0 Å². The van der Waals surface area contributed by atoms with Gasteiger partial charge in [-0.3, -0.25) is 9.62 Å². The first-order valence-electron chi connectivity index (χ1n) is 8.60. The fraction of sp³-hybridized carbons (Fsp3) is 0.316. The Kier molecular flexibility index (Phi) is 5.46. The van der Waals surface area contributed by atoms with Gasteiger partial charge in [0.15, 0.2) is 0 Å². The minimum Gasteiger partial charge on any atom is -0.444 e. The molecule has 0 saturated heterocycles. The second kappa shape index (κ2) is 7.78. The third kappa shape index (κ3) is 4.16. The summed E-state index contributed by atoms with van der Waals surface area (Å²) in [5, 5.41) is 2.70. The number of fused-ring (bicyclic) bond motifs is 1. The summed E-state index contributed by atoms with van der Waals surface area (Å²) in [6.45, 7) is 2.33. The van der Waals surface area contributed by atoms with E-state index in [-0.39, 0.29) is 12.4 Å². The lowest BCUT2D eigenvalue weighted by Gasteiger charge is -2.30. The number of benzene rings is 2. The zero-order valence-electron chi connectivity index (χ0n) is 14.6. The molecular formula is C19H22N2O4S. The highest BCUT2D eigenvalue weighted by atomic mass is 32.2. The van der Waals surface area contributed by atoms with Gasteiger partial charge in [-0.25, -0.2) is 13.2 Å². The number of nitrogens with zero attached hydrogens (tertiary/aromatic N) is 1. The van der Waals surface area contributed by atoms with Crippen molar-refractivity contribution in [2.45, 2.75) is 26.4 Å². The van der Waals surface area contributed by atoms with Gasteiger partial charge in [0.05, 0.1) is 11.4 Å². The van der Waals surface area contributed by atoms with Crippen molar-refractivity contribution < 1.29 is 17.9 Å². The second-order valence-corrected chi connectivity index (χ2v) is 8.29. The van der Waals surface area contributed by atoms with Gasteiger partial charge in [0.1, 0.15) is 6.61 Å². The Morgan fingerprint density at radius 2 is 1.96 bits per heavy atom. The molecule has 0 radical (unpaired) electrons. The van der Waals surface area contributed by atoms with E-state index in [1.54, 1.807) is 19.1 Å². The molecule has 0 fully saturated rings. The predicted octanol–water partition coefficient (Wildman–Crippen LogP) is 3.54. The fourth-order valence-corrected chi connectivity index (χ4v) is 4.16. The minimum absolute atomic E-state index is 0.0677. The smallest absolute Gasteiger partial charge is 0.411 e. The standard InChI is InChI=1S/C19H22N2O4S/c1-2-26(23,24)21-12-6-9-16-13-17(10-11-18(16)21)20-19(22)25-14-15-7-4-3-5-8-15/h3-5,7-8,10-11,13H,2,6,9,12,14H2,1H3,(H,20,22). The van der Waals surface area contributed by atoms with Crippen molar-refractivity contribution in [3.05, 3.63) is 59.7 Å². The van der Waals surface area contributed by atoms with Crippen LogP contribution in [0.25, 0.3) is 0 Å². The number of aryl methyl sites for hydroxylation is 1. The summed E-state index contributed by atoms with van der Waals surface area (Å²) in [6, 6.07) is 14.7. The number of sulfonamides is 1. The average Bonchev–Trinajstić information content (AvgIpc) is 2.66. The van der Waals surface area contributed by atoms with E-state index in [1.165, 1.54) is 4.31 Å². The molecular weight excluding hydrogens is 352 g/mol. The zero-order chi connectivity index (χ0) is 18.6. The minimum atomic E-state index is -3.29. The maximum absolute atomic E-state index is 12.2. The van der Waals surface area contributed by atoms with E-state index in [0.717, 1.165) is 24.0 Å². The molecule has 2 aromatic rings. The van der Waals surface area contributed by atoms with Gasteiger partial charge in [0, 0.05) is 12.2 Å². The van der Waals surface area contributed by atoms with Crippen LogP contribution in [0.3, 0.4) is 0 Å². The predicted molar refractivity (Wildman–Crippen MR) is 102 cm³/mol. The van der Waals surface area contributed by atoms with Crippen LogP contribution in [0.15, 0.2) is 48.5 Å². The maximum Gasteiger partial charge on any atom is 0.411 e. The summed E-state index contributed by atoms with van der Waals surface area (Å²) < 4.78 is 31.1. The molecule has 0 aromatic heterocycles. The Bertz CT molecular complexity index is 882. The molecule has 1 aliphatic rings. The van der Waals surface area contributed by atoms with Crippen molar-refractivity contribution in [3.63, 3.8) is 0 Å². The van der Waals surface area contributed by atoms with Crippen LogP contribution in [-0.4, -0.2) is 26.8 Å². The molecule has 1 amide bonds. The highest BCUT2D eigenvalue weighted by molar-refractivity contribution is 7.92. The van der Waals surface area contributed by atoms with Gasteiger partial charge in [0.2, 0.25) is 10.0 Å². The average molecular weight is 374 g/mol. The first kappa shape index (κ1) is 18.3. The van der Waals surface area contributed by atoms with Crippen molar-refractivity contribution >= 4 is 27.5 Å². The molecule has 3 rings (SSSR count). The van der Waals surface area contributed by atoms with E-state index in [4.69, 9.17) is 4.74 Å². The van der Waals surface area contributed by atoms with Gasteiger partial charge >= 0.3 is 6.09 Å². The summed E-state index contributed by atoms with van der Waals surface area (Å²) in [5.74, 6) is 0.0677. The lowest BCUT2D eigenvalue weighted by molar-refractivity contribution is 0.155. The molecule has 1 heterocycles. The SMILES string of the molecule is CCS(=O)(=O)N1CCCc2cc(NC(=O)OCc3ccccc3)ccc21. The van der Waals surface area contributed by atoms with E-state index in [1.807, 2.05) is 36.4 Å². The summed E-state index contributed by atoms with van der Waals surface area (Å²) >= 11 is 0. The topological polar surface area (TPSA) is 75.7 Å². The number of nitrogens with one attached hydrogen (secondary N) is 1. The molecule has 0 spiro atoms. The summed E-state index contributed by atoms with van der Waals surface area (Å²) in [6.07, 6.45) is 0.996. The molecule has 1 aliphatic heterocycles. The maximum atomic E-state index is 12.2. The largest absolute Gasteiger partial charge is 0.444 e. The highest BCUT2D eigenvalue weighted by Gasteiger charge is 2.26. The monoisotopic (exact) mass is 374 g/mol. The van der Waals surface area contributed by atoms with Crippen molar-refractivity contribution in [2.24, 2.45) is 0 Å². The molecule has 7 heteroatoms. The van der Waals surface area contributed by atoms with Crippen LogP contribution in [0, 0.1) is 0 Å². The van der Waals surface area contributed by atoms with Crippen LogP contribution in [0.5, 0.6) is 0 Å². The van der Waals surface area contributed by atoms with Crippen LogP contribution < -0.4 is 9.62 Å². The number of carbonyl (C=O) groups excluding carboxylic acids is 1. The van der Waals surface area contributed by atoms with Gasteiger partial charge in [-0.2, -0.15) is 0 Å². The summed E-state index contributed by atoms with van der Waals surface area (Å²) in [5.41, 5.74) is 3.11. The molecule has 0 bridgehead atoms. The Morgan fingerprint density at radius 3 is 2.69 bits per heavy atom. The van der Waals surface area contributed by atoms with Gasteiger partial charge in [-0.1, -0.05) is 30.3 Å². The van der Waals surface area contributed by atoms with Gasteiger partial charge in [-0.15, -0.1) is 0 Å². The number of amides is 1. The molecule has 2 aromatic carbocycles. The molecule has 0 atom stereocenters. The number of hydrogen-bond acceptors (Lipinski definition) is 4. The molecule has 138 valence electrons. The Labute approximate surface area is 153 Å². The van der Waals surface area contributed by atoms with Gasteiger partial charge in [0.25, 0.3) is 0 Å².